The molecule has 0 aliphatic carbocycles. The van der Waals surface area contributed by atoms with Crippen LogP contribution in [0.5, 0.6) is 0 Å². The van der Waals surface area contributed by atoms with E-state index < -0.39 is 28.5 Å². The van der Waals surface area contributed by atoms with Crippen molar-refractivity contribution in [3.8, 4) is 0 Å². The van der Waals surface area contributed by atoms with Crippen molar-refractivity contribution in [3.05, 3.63) is 93.5 Å². The number of nitrogens with one attached hydrogen (secondary N) is 1. The normalized spacial score (nSPS) is 12.1. The molecule has 1 atom stereocenters. The molecule has 3 aromatic rings. The van der Waals surface area contributed by atoms with Crippen LogP contribution in [0.3, 0.4) is 0 Å². The number of anilines is 1. The summed E-state index contributed by atoms with van der Waals surface area (Å²) < 4.78 is 28.9. The average Bonchev–Trinajstić information content (AvgIpc) is 2.92. The van der Waals surface area contributed by atoms with Gasteiger partial charge in [0.05, 0.1) is 15.6 Å². The van der Waals surface area contributed by atoms with Crippen LogP contribution >= 0.6 is 23.2 Å². The second-order valence-electron chi connectivity index (χ2n) is 9.65. The number of halogens is 2. The highest BCUT2D eigenvalue weighted by Crippen LogP contribution is 2.33. The Labute approximate surface area is 247 Å². The predicted octanol–water partition coefficient (Wildman–Crippen LogP) is 6.14. The third-order valence-corrected chi connectivity index (χ3v) is 8.76. The van der Waals surface area contributed by atoms with Crippen LogP contribution in [-0.2, 0) is 26.2 Å². The van der Waals surface area contributed by atoms with E-state index in [0.717, 1.165) is 27.4 Å². The summed E-state index contributed by atoms with van der Waals surface area (Å²) in [7, 11) is -4.24. The molecule has 3 aromatic carbocycles. The quantitative estimate of drug-likeness (QED) is 0.269. The maximum atomic E-state index is 14.1. The van der Waals surface area contributed by atoms with Gasteiger partial charge in [0, 0.05) is 18.1 Å². The number of amides is 2. The van der Waals surface area contributed by atoms with Crippen molar-refractivity contribution >= 4 is 50.7 Å². The van der Waals surface area contributed by atoms with E-state index in [2.05, 4.69) is 5.32 Å². The zero-order valence-electron chi connectivity index (χ0n) is 23.2. The molecule has 0 unspecified atom stereocenters. The Hall–Kier alpha value is -3.07. The Balaban J connectivity index is 2.10. The van der Waals surface area contributed by atoms with Crippen LogP contribution in [0.4, 0.5) is 5.69 Å². The van der Waals surface area contributed by atoms with Gasteiger partial charge in [0.1, 0.15) is 12.6 Å². The Kier molecular flexibility index (Phi) is 11.0. The number of aryl methyl sites for hydroxylation is 2. The molecule has 7 nitrogen and oxygen atoms in total. The van der Waals surface area contributed by atoms with Crippen molar-refractivity contribution in [2.75, 3.05) is 17.4 Å². The van der Waals surface area contributed by atoms with Gasteiger partial charge in [-0.1, -0.05) is 84.6 Å². The van der Waals surface area contributed by atoms with Gasteiger partial charge in [-0.3, -0.25) is 13.9 Å². The van der Waals surface area contributed by atoms with E-state index in [1.807, 2.05) is 52.0 Å². The molecule has 0 saturated carbocycles. The topological polar surface area (TPSA) is 86.8 Å². The van der Waals surface area contributed by atoms with E-state index >= 15 is 0 Å². The Bertz CT molecular complexity index is 1450. The summed E-state index contributed by atoms with van der Waals surface area (Å²) >= 11 is 12.7. The first-order chi connectivity index (χ1) is 19.0. The van der Waals surface area contributed by atoms with E-state index in [1.54, 1.807) is 18.2 Å². The molecule has 3 rings (SSSR count). The number of benzene rings is 3. The Morgan fingerprint density at radius 3 is 2.25 bits per heavy atom. The lowest BCUT2D eigenvalue weighted by Crippen LogP contribution is -2.52. The molecule has 0 fully saturated rings. The molecule has 0 spiro atoms. The van der Waals surface area contributed by atoms with E-state index in [0.29, 0.717) is 13.0 Å². The van der Waals surface area contributed by atoms with E-state index in [1.165, 1.54) is 29.2 Å². The van der Waals surface area contributed by atoms with E-state index in [4.69, 9.17) is 23.2 Å². The number of sulfonamides is 1. The summed E-state index contributed by atoms with van der Waals surface area (Å²) in [5.41, 5.74) is 2.78. The molecule has 0 radical (unpaired) electrons. The predicted molar refractivity (Wildman–Crippen MR) is 161 cm³/mol. The summed E-state index contributed by atoms with van der Waals surface area (Å²) in [6.07, 6.45) is 1.08. The van der Waals surface area contributed by atoms with Gasteiger partial charge < -0.3 is 10.2 Å². The second kappa shape index (κ2) is 14.0. The summed E-state index contributed by atoms with van der Waals surface area (Å²) in [5.74, 6) is -0.842. The molecule has 214 valence electrons. The lowest BCUT2D eigenvalue weighted by Gasteiger charge is -2.33. The molecule has 0 bridgehead atoms. The molecule has 0 aromatic heterocycles. The monoisotopic (exact) mass is 603 g/mol. The molecule has 0 aliphatic rings. The van der Waals surface area contributed by atoms with Crippen LogP contribution in [0.25, 0.3) is 0 Å². The zero-order chi connectivity index (χ0) is 29.4. The first-order valence-corrected chi connectivity index (χ1v) is 15.3. The van der Waals surface area contributed by atoms with Crippen molar-refractivity contribution in [1.82, 2.24) is 10.2 Å². The second-order valence-corrected chi connectivity index (χ2v) is 12.4. The fourth-order valence-electron chi connectivity index (χ4n) is 4.32. The van der Waals surface area contributed by atoms with Crippen molar-refractivity contribution in [3.63, 3.8) is 0 Å². The van der Waals surface area contributed by atoms with Crippen molar-refractivity contribution in [1.29, 1.82) is 0 Å². The van der Waals surface area contributed by atoms with Crippen LogP contribution in [0.1, 0.15) is 43.4 Å². The summed E-state index contributed by atoms with van der Waals surface area (Å²) in [5, 5.41) is 3.25. The lowest BCUT2D eigenvalue weighted by molar-refractivity contribution is -0.140. The molecule has 40 heavy (non-hydrogen) atoms. The fourth-order valence-corrected chi connectivity index (χ4v) is 6.18. The number of hydrogen-bond acceptors (Lipinski definition) is 4. The minimum absolute atomic E-state index is 0.0000864. The molecule has 10 heteroatoms. The number of rotatable bonds is 12. The van der Waals surface area contributed by atoms with Crippen molar-refractivity contribution in [2.24, 2.45) is 0 Å². The number of nitrogens with zero attached hydrogens (tertiary/aromatic N) is 2. The Morgan fingerprint density at radius 2 is 1.62 bits per heavy atom. The maximum absolute atomic E-state index is 14.1. The van der Waals surface area contributed by atoms with Crippen LogP contribution < -0.4 is 9.62 Å². The van der Waals surface area contributed by atoms with E-state index in [-0.39, 0.29) is 33.1 Å². The smallest absolute Gasteiger partial charge is 0.264 e. The van der Waals surface area contributed by atoms with Gasteiger partial charge in [0.25, 0.3) is 10.0 Å². The van der Waals surface area contributed by atoms with Gasteiger partial charge in [-0.15, -0.1) is 0 Å². The van der Waals surface area contributed by atoms with Gasteiger partial charge >= 0.3 is 0 Å². The first-order valence-electron chi connectivity index (χ1n) is 13.1. The first kappa shape index (κ1) is 31.5. The van der Waals surface area contributed by atoms with Crippen LogP contribution in [0.15, 0.2) is 71.6 Å². The van der Waals surface area contributed by atoms with Crippen LogP contribution in [-0.4, -0.2) is 44.3 Å². The number of carbonyl (C=O) groups is 2. The highest BCUT2D eigenvalue weighted by molar-refractivity contribution is 7.92. The number of hydrogen-bond donors (Lipinski definition) is 1. The zero-order valence-corrected chi connectivity index (χ0v) is 25.5. The molecule has 0 saturated heterocycles. The largest absolute Gasteiger partial charge is 0.354 e. The van der Waals surface area contributed by atoms with Gasteiger partial charge in [-0.2, -0.15) is 0 Å². The Morgan fingerprint density at radius 1 is 0.925 bits per heavy atom. The van der Waals surface area contributed by atoms with Gasteiger partial charge in [0.2, 0.25) is 11.8 Å². The summed E-state index contributed by atoms with van der Waals surface area (Å²) in [4.78, 5) is 28.7. The number of carbonyl (C=O) groups excluding carboxylic acids is 2. The minimum Gasteiger partial charge on any atom is -0.354 e. The fraction of sp³-hybridized carbons (Fsp3) is 0.333. The summed E-state index contributed by atoms with van der Waals surface area (Å²) in [6.45, 7) is 7.57. The minimum atomic E-state index is -4.24. The molecule has 0 aliphatic heterocycles. The van der Waals surface area contributed by atoms with Crippen molar-refractivity contribution in [2.45, 2.75) is 58.0 Å². The van der Waals surface area contributed by atoms with Crippen LogP contribution in [0.2, 0.25) is 10.0 Å². The molecule has 2 amide bonds. The molecule has 0 heterocycles. The molecular weight excluding hydrogens is 569 g/mol. The highest BCUT2D eigenvalue weighted by Gasteiger charge is 2.34. The lowest BCUT2D eigenvalue weighted by atomic mass is 10.1. The van der Waals surface area contributed by atoms with Crippen LogP contribution in [0, 0.1) is 13.8 Å². The molecule has 1 N–H and O–H groups in total. The maximum Gasteiger partial charge on any atom is 0.264 e. The van der Waals surface area contributed by atoms with E-state index in [9.17, 15) is 18.0 Å². The van der Waals surface area contributed by atoms with Gasteiger partial charge in [0.15, 0.2) is 0 Å². The van der Waals surface area contributed by atoms with Crippen molar-refractivity contribution < 1.29 is 18.0 Å². The average molecular weight is 605 g/mol. The molecular formula is C30H35Cl2N3O4S. The SMILES string of the molecule is CCCNC(=O)[C@H](CC)N(Cc1cccc(C)c1)C(=O)CN(c1cc(Cl)ccc1Cl)S(=O)(=O)c1ccc(C)cc1. The van der Waals surface area contributed by atoms with Gasteiger partial charge in [-0.05, 0) is 62.6 Å². The van der Waals surface area contributed by atoms with Gasteiger partial charge in [-0.25, -0.2) is 8.42 Å². The highest BCUT2D eigenvalue weighted by atomic mass is 35.5. The third kappa shape index (κ3) is 7.77. The standard InChI is InChI=1S/C30H35Cl2N3O4S/c1-5-16-33-30(37)27(6-2)34(19-23-9-7-8-22(4)17-23)29(36)20-35(28-18-24(31)12-15-26(28)32)40(38,39)25-13-10-21(3)11-14-25/h7-15,17-18,27H,5-6,16,19-20H2,1-4H3,(H,33,37)/t27-/m0/s1. The summed E-state index contributed by atoms with van der Waals surface area (Å²) in [6, 6.07) is 17.6. The third-order valence-electron chi connectivity index (χ3n) is 6.44.